The molecule has 1 N–H and O–H groups in total. The summed E-state index contributed by atoms with van der Waals surface area (Å²) in [6, 6.07) is 16.2. The van der Waals surface area contributed by atoms with Crippen LogP contribution in [0, 0.1) is 0 Å². The van der Waals surface area contributed by atoms with Gasteiger partial charge in [0, 0.05) is 39.4 Å². The maximum Gasteiger partial charge on any atom is 0.234 e. The Morgan fingerprint density at radius 2 is 1.73 bits per heavy atom. The highest BCUT2D eigenvalue weighted by Crippen LogP contribution is 2.29. The number of rotatable bonds is 8. The molecule has 0 aliphatic heterocycles. The van der Waals surface area contributed by atoms with Gasteiger partial charge in [0.25, 0.3) is 0 Å². The molecule has 33 heavy (non-hydrogen) atoms. The van der Waals surface area contributed by atoms with Gasteiger partial charge in [-0.15, -0.1) is 10.2 Å². The molecular weight excluding hydrogens is 481 g/mol. The Labute approximate surface area is 205 Å². The highest BCUT2D eigenvalue weighted by atomic mass is 35.5. The first-order valence-corrected chi connectivity index (χ1v) is 11.8. The van der Waals surface area contributed by atoms with E-state index in [1.54, 1.807) is 30.6 Å². The summed E-state index contributed by atoms with van der Waals surface area (Å²) in [5, 5.41) is 13.0. The minimum absolute atomic E-state index is 0.121. The molecule has 2 aromatic heterocycles. The van der Waals surface area contributed by atoms with Crippen LogP contribution in [0.15, 0.2) is 72.1 Å². The molecule has 168 valence electrons. The van der Waals surface area contributed by atoms with Crippen molar-refractivity contribution in [1.82, 2.24) is 19.7 Å². The molecule has 0 bridgehead atoms. The number of aromatic nitrogens is 4. The number of nitrogens with one attached hydrogen (secondary N) is 1. The van der Waals surface area contributed by atoms with Gasteiger partial charge in [0.1, 0.15) is 5.75 Å². The van der Waals surface area contributed by atoms with Crippen molar-refractivity contribution < 1.29 is 9.53 Å². The van der Waals surface area contributed by atoms with Crippen molar-refractivity contribution in [3.8, 4) is 22.8 Å². The molecule has 1 amide bonds. The van der Waals surface area contributed by atoms with Gasteiger partial charge in [0.2, 0.25) is 5.91 Å². The van der Waals surface area contributed by atoms with Crippen LogP contribution in [0.2, 0.25) is 10.0 Å². The number of carbonyl (C=O) groups excluding carboxylic acids is 1. The van der Waals surface area contributed by atoms with Crippen LogP contribution in [-0.4, -0.2) is 38.0 Å². The lowest BCUT2D eigenvalue weighted by Gasteiger charge is -2.11. The maximum atomic E-state index is 12.5. The topological polar surface area (TPSA) is 81.9 Å². The fourth-order valence-corrected chi connectivity index (χ4v) is 4.37. The van der Waals surface area contributed by atoms with Crippen LogP contribution < -0.4 is 10.1 Å². The van der Waals surface area contributed by atoms with E-state index in [1.807, 2.05) is 47.9 Å². The Hall–Kier alpha value is -3.07. The summed E-state index contributed by atoms with van der Waals surface area (Å²) in [5.74, 6) is 1.32. The number of hydrogen-bond donors (Lipinski definition) is 1. The van der Waals surface area contributed by atoms with Crippen molar-refractivity contribution in [2.75, 3.05) is 17.7 Å². The normalized spacial score (nSPS) is 10.8. The van der Waals surface area contributed by atoms with Gasteiger partial charge < -0.3 is 10.1 Å². The number of halogens is 2. The zero-order valence-electron chi connectivity index (χ0n) is 17.5. The fourth-order valence-electron chi connectivity index (χ4n) is 3.10. The first-order chi connectivity index (χ1) is 16.0. The minimum Gasteiger partial charge on any atom is -0.494 e. The number of thioether (sulfide) groups is 1. The predicted molar refractivity (Wildman–Crippen MR) is 132 cm³/mol. The van der Waals surface area contributed by atoms with E-state index in [-0.39, 0.29) is 11.7 Å². The lowest BCUT2D eigenvalue weighted by molar-refractivity contribution is -0.113. The fraction of sp³-hybridized carbons (Fsp3) is 0.130. The third kappa shape index (κ3) is 5.84. The van der Waals surface area contributed by atoms with Gasteiger partial charge in [-0.05, 0) is 61.5 Å². The SMILES string of the molecule is CCOc1ccc(-n2c(SCC(=O)Nc3cc(Cl)cc(Cl)c3)nnc2-c2ccncc2)cc1. The standard InChI is InChI=1S/C23H19Cl2N5O2S/c1-2-32-20-5-3-19(4-6-20)30-22(15-7-9-26-10-8-15)28-29-23(30)33-14-21(31)27-18-12-16(24)11-17(25)13-18/h3-13H,2,14H2,1H3,(H,27,31). The van der Waals surface area contributed by atoms with Crippen molar-refractivity contribution >= 4 is 46.6 Å². The molecule has 0 saturated carbocycles. The first-order valence-electron chi connectivity index (χ1n) is 10.0. The molecule has 0 radical (unpaired) electrons. The van der Waals surface area contributed by atoms with Crippen molar-refractivity contribution in [2.45, 2.75) is 12.1 Å². The van der Waals surface area contributed by atoms with E-state index in [0.717, 1.165) is 17.0 Å². The highest BCUT2D eigenvalue weighted by Gasteiger charge is 2.17. The van der Waals surface area contributed by atoms with Gasteiger partial charge in [-0.2, -0.15) is 0 Å². The van der Waals surface area contributed by atoms with Crippen molar-refractivity contribution in [1.29, 1.82) is 0 Å². The van der Waals surface area contributed by atoms with Crippen molar-refractivity contribution in [3.05, 3.63) is 77.0 Å². The number of pyridine rings is 1. The van der Waals surface area contributed by atoms with Crippen molar-refractivity contribution in [3.63, 3.8) is 0 Å². The van der Waals surface area contributed by atoms with E-state index in [9.17, 15) is 4.79 Å². The van der Waals surface area contributed by atoms with Gasteiger partial charge >= 0.3 is 0 Å². The van der Waals surface area contributed by atoms with Crippen LogP contribution in [0.5, 0.6) is 5.75 Å². The zero-order valence-corrected chi connectivity index (χ0v) is 19.9. The number of amides is 1. The van der Waals surface area contributed by atoms with E-state index >= 15 is 0 Å². The van der Waals surface area contributed by atoms with Gasteiger partial charge in [-0.1, -0.05) is 35.0 Å². The molecule has 10 heteroatoms. The van der Waals surface area contributed by atoms with Gasteiger partial charge in [-0.25, -0.2) is 0 Å². The third-order valence-electron chi connectivity index (χ3n) is 4.46. The monoisotopic (exact) mass is 499 g/mol. The van der Waals surface area contributed by atoms with Crippen LogP contribution >= 0.6 is 35.0 Å². The number of hydrogen-bond acceptors (Lipinski definition) is 6. The molecule has 7 nitrogen and oxygen atoms in total. The molecule has 0 spiro atoms. The largest absolute Gasteiger partial charge is 0.494 e. The van der Waals surface area contributed by atoms with E-state index in [2.05, 4.69) is 20.5 Å². The summed E-state index contributed by atoms with van der Waals surface area (Å²) < 4.78 is 7.45. The second-order valence-corrected chi connectivity index (χ2v) is 8.61. The van der Waals surface area contributed by atoms with E-state index in [1.165, 1.54) is 11.8 Å². The maximum absolute atomic E-state index is 12.5. The van der Waals surface area contributed by atoms with Crippen LogP contribution in [0.25, 0.3) is 17.1 Å². The summed E-state index contributed by atoms with van der Waals surface area (Å²) in [4.78, 5) is 16.6. The van der Waals surface area contributed by atoms with Crippen LogP contribution in [0.4, 0.5) is 5.69 Å². The zero-order chi connectivity index (χ0) is 23.2. The average Bonchev–Trinajstić information content (AvgIpc) is 3.22. The lowest BCUT2D eigenvalue weighted by Crippen LogP contribution is -2.14. The summed E-state index contributed by atoms with van der Waals surface area (Å²) in [5.41, 5.74) is 2.24. The molecule has 2 aromatic carbocycles. The first kappa shape index (κ1) is 23.1. The number of carbonyl (C=O) groups is 1. The molecule has 0 atom stereocenters. The van der Waals surface area contributed by atoms with E-state index in [4.69, 9.17) is 27.9 Å². The molecule has 4 rings (SSSR count). The second kappa shape index (κ2) is 10.7. The molecule has 0 saturated heterocycles. The van der Waals surface area contributed by atoms with Crippen LogP contribution in [0.3, 0.4) is 0 Å². The highest BCUT2D eigenvalue weighted by molar-refractivity contribution is 7.99. The molecule has 2 heterocycles. The summed E-state index contributed by atoms with van der Waals surface area (Å²) in [7, 11) is 0. The average molecular weight is 500 g/mol. The van der Waals surface area contributed by atoms with E-state index < -0.39 is 0 Å². The predicted octanol–water partition coefficient (Wildman–Crippen LogP) is 5.77. The Balaban J connectivity index is 1.58. The Kier molecular flexibility index (Phi) is 7.49. The lowest BCUT2D eigenvalue weighted by atomic mass is 10.2. The minimum atomic E-state index is -0.218. The van der Waals surface area contributed by atoms with Gasteiger partial charge in [0.05, 0.1) is 12.4 Å². The summed E-state index contributed by atoms with van der Waals surface area (Å²) in [6.45, 7) is 2.52. The number of anilines is 1. The smallest absolute Gasteiger partial charge is 0.234 e. The number of benzene rings is 2. The van der Waals surface area contributed by atoms with Gasteiger partial charge in [0.15, 0.2) is 11.0 Å². The summed E-state index contributed by atoms with van der Waals surface area (Å²) in [6.07, 6.45) is 3.39. The molecule has 0 aliphatic carbocycles. The molecule has 0 unspecified atom stereocenters. The summed E-state index contributed by atoms with van der Waals surface area (Å²) >= 11 is 13.3. The van der Waals surface area contributed by atoms with Crippen LogP contribution in [-0.2, 0) is 4.79 Å². The van der Waals surface area contributed by atoms with E-state index in [0.29, 0.717) is 33.3 Å². The molecule has 0 fully saturated rings. The number of ether oxygens (including phenoxy) is 1. The van der Waals surface area contributed by atoms with Gasteiger partial charge in [-0.3, -0.25) is 14.3 Å². The Morgan fingerprint density at radius 1 is 1.03 bits per heavy atom. The quantitative estimate of drug-likeness (QED) is 0.310. The van der Waals surface area contributed by atoms with Crippen molar-refractivity contribution in [2.24, 2.45) is 0 Å². The number of nitrogens with zero attached hydrogens (tertiary/aromatic N) is 4. The Bertz CT molecular complexity index is 1230. The molecular formula is C23H19Cl2N5O2S. The molecule has 0 aliphatic rings. The van der Waals surface area contributed by atoms with Crippen LogP contribution in [0.1, 0.15) is 6.92 Å². The third-order valence-corrected chi connectivity index (χ3v) is 5.82. The second-order valence-electron chi connectivity index (χ2n) is 6.80. The molecule has 4 aromatic rings. The Morgan fingerprint density at radius 3 is 2.39 bits per heavy atom.